The molecular formula is C11H14N3O12P3-2. The van der Waals surface area contributed by atoms with E-state index in [4.69, 9.17) is 19.7 Å². The van der Waals surface area contributed by atoms with E-state index in [0.717, 1.165) is 11.5 Å². The second-order valence-corrected chi connectivity index (χ2v) is 10.2. The van der Waals surface area contributed by atoms with Gasteiger partial charge >= 0.3 is 20.3 Å². The van der Waals surface area contributed by atoms with Gasteiger partial charge in [0.15, 0.2) is 6.10 Å². The van der Waals surface area contributed by atoms with Gasteiger partial charge in [-0.15, -0.1) is 0 Å². The lowest BCUT2D eigenvalue weighted by Gasteiger charge is -2.38. The molecule has 0 amide bonds. The molecule has 1 aromatic rings. The molecule has 2 fully saturated rings. The van der Waals surface area contributed by atoms with E-state index >= 15 is 0 Å². The van der Waals surface area contributed by atoms with Crippen LogP contribution in [0.25, 0.3) is 0 Å². The summed E-state index contributed by atoms with van der Waals surface area (Å²) in [4.78, 5) is 49.7. The number of aromatic nitrogens is 2. The van der Waals surface area contributed by atoms with Crippen LogP contribution in [0.2, 0.25) is 0 Å². The zero-order valence-corrected chi connectivity index (χ0v) is 17.2. The number of anilines is 1. The van der Waals surface area contributed by atoms with Crippen molar-refractivity contribution in [1.29, 1.82) is 0 Å². The van der Waals surface area contributed by atoms with E-state index in [2.05, 4.69) is 17.9 Å². The highest BCUT2D eigenvalue weighted by Gasteiger charge is 2.43. The highest BCUT2D eigenvalue weighted by atomic mass is 31.3. The van der Waals surface area contributed by atoms with Gasteiger partial charge in [-0.3, -0.25) is 18.5 Å². The van der Waals surface area contributed by atoms with Crippen molar-refractivity contribution >= 4 is 36.0 Å². The van der Waals surface area contributed by atoms with E-state index in [1.807, 2.05) is 0 Å². The van der Waals surface area contributed by atoms with E-state index in [1.54, 1.807) is 0 Å². The molecule has 5 atom stereocenters. The fraction of sp³-hybridized carbons (Fsp3) is 0.545. The number of carbonyl (C=O) groups excluding carboxylic acids is 1. The Morgan fingerprint density at radius 2 is 2.07 bits per heavy atom. The molecule has 0 aromatic carbocycles. The lowest BCUT2D eigenvalue weighted by atomic mass is 10.1. The van der Waals surface area contributed by atoms with Crippen LogP contribution in [0.5, 0.6) is 0 Å². The Morgan fingerprint density at radius 3 is 2.66 bits per heavy atom. The number of rotatable bonds is 5. The molecular weight excluding hydrogens is 459 g/mol. The molecule has 3 heterocycles. The predicted molar refractivity (Wildman–Crippen MR) is 88.6 cm³/mol. The first kappa shape index (κ1) is 22.4. The molecule has 162 valence electrons. The Balaban J connectivity index is 1.73. The Labute approximate surface area is 163 Å². The number of nitrogens with two attached hydrogens (primary N) is 1. The van der Waals surface area contributed by atoms with E-state index in [0.29, 0.717) is 0 Å². The molecule has 0 radical (unpaired) electrons. The quantitative estimate of drug-likeness (QED) is 0.399. The van der Waals surface area contributed by atoms with Gasteiger partial charge < -0.3 is 29.5 Å². The van der Waals surface area contributed by atoms with Crippen LogP contribution in [0.1, 0.15) is 13.0 Å². The first-order valence-electron chi connectivity index (χ1n) is 7.75. The Bertz CT molecular complexity index is 915. The van der Waals surface area contributed by atoms with Crippen molar-refractivity contribution in [2.24, 2.45) is 0 Å². The summed E-state index contributed by atoms with van der Waals surface area (Å²) in [5.74, 6) is -0.695. The highest BCUT2D eigenvalue weighted by molar-refractivity contribution is 7.71. The molecule has 0 bridgehead atoms. The van der Waals surface area contributed by atoms with Gasteiger partial charge in [0.05, 0.1) is 13.2 Å². The molecule has 3 rings (SSSR count). The minimum absolute atomic E-state index is 0.00483. The number of nitrogen functional groups attached to an aromatic ring is 1. The zero-order chi connectivity index (χ0) is 21.4. The van der Waals surface area contributed by atoms with E-state index in [-0.39, 0.29) is 12.4 Å². The fourth-order valence-electron chi connectivity index (χ4n) is 2.58. The number of hydrogen-bond donors (Lipinski definition) is 1. The first-order valence-corrected chi connectivity index (χ1v) is 11.8. The van der Waals surface area contributed by atoms with Gasteiger partial charge in [0, 0.05) is 13.1 Å². The molecule has 0 aliphatic carbocycles. The number of ether oxygens (including phenoxy) is 2. The smallest absolute Gasteiger partial charge is 0.349 e. The summed E-state index contributed by atoms with van der Waals surface area (Å²) >= 11 is 0. The van der Waals surface area contributed by atoms with Gasteiger partial charge in [0.2, 0.25) is 0 Å². The van der Waals surface area contributed by atoms with Gasteiger partial charge in [-0.1, -0.05) is 0 Å². The van der Waals surface area contributed by atoms with Crippen LogP contribution >= 0.6 is 24.2 Å². The van der Waals surface area contributed by atoms with Crippen LogP contribution in [0.3, 0.4) is 0 Å². The summed E-state index contributed by atoms with van der Waals surface area (Å²) in [6.45, 7) is 0.547. The SMILES string of the molecule is CC(=O)O[C@H]1[C@H](COP2OP(=O)([O-])OP(=O)([O-])O2)OC[C@@H]1n1ccc(N)nc1=O. The minimum atomic E-state index is -5.17. The van der Waals surface area contributed by atoms with Crippen molar-refractivity contribution in [3.63, 3.8) is 0 Å². The summed E-state index contributed by atoms with van der Waals surface area (Å²) in [7, 11) is -13.2. The highest BCUT2D eigenvalue weighted by Crippen LogP contribution is 2.73. The number of esters is 1. The van der Waals surface area contributed by atoms with Crippen LogP contribution in [-0.4, -0.2) is 40.9 Å². The largest absolute Gasteiger partial charge is 0.756 e. The molecule has 1 aromatic heterocycles. The molecule has 0 spiro atoms. The molecule has 18 heteroatoms. The lowest BCUT2D eigenvalue weighted by molar-refractivity contribution is -0.240. The number of carbonyl (C=O) groups is 1. The minimum Gasteiger partial charge on any atom is -0.756 e. The standard InChI is InChI=1S/C11H16N3O12P3/c1-6(15)23-10-7(14-3-2-9(12)13-11(14)16)4-21-8(10)5-22-27-24-28(17,18)26-29(19,20)25-27/h2-3,7-8,10H,4-5H2,1H3,(H,17,18)(H,19,20)(H2,12,13,16)/p-2/t7-,8-,10+/m0/s1. The maximum absolute atomic E-state index is 12.1. The van der Waals surface area contributed by atoms with Gasteiger partial charge in [0.1, 0.15) is 18.0 Å². The van der Waals surface area contributed by atoms with Gasteiger partial charge in [-0.2, -0.15) is 4.98 Å². The monoisotopic (exact) mass is 473 g/mol. The summed E-state index contributed by atoms with van der Waals surface area (Å²) < 4.78 is 51.7. The predicted octanol–water partition coefficient (Wildman–Crippen LogP) is -1.06. The third-order valence-corrected chi connectivity index (χ3v) is 8.24. The molecule has 29 heavy (non-hydrogen) atoms. The maximum atomic E-state index is 12.1. The molecule has 0 saturated carbocycles. The summed E-state index contributed by atoms with van der Waals surface area (Å²) in [6.07, 6.45) is -0.720. The van der Waals surface area contributed by atoms with E-state index in [9.17, 15) is 28.5 Å². The first-order chi connectivity index (χ1) is 13.5. The van der Waals surface area contributed by atoms with E-state index < -0.39 is 60.8 Å². The molecule has 2 aliphatic heterocycles. The normalized spacial score (nSPS) is 37.3. The van der Waals surface area contributed by atoms with Crippen LogP contribution in [-0.2, 0) is 40.9 Å². The van der Waals surface area contributed by atoms with Gasteiger partial charge in [-0.25, -0.2) is 17.7 Å². The molecule has 2 saturated heterocycles. The second kappa shape index (κ2) is 8.48. The summed E-state index contributed by atoms with van der Waals surface area (Å²) in [5, 5.41) is 0. The molecule has 2 N–H and O–H groups in total. The number of phosphoric acid groups is 2. The van der Waals surface area contributed by atoms with Crippen LogP contribution in [0, 0.1) is 0 Å². The van der Waals surface area contributed by atoms with Crippen molar-refractivity contribution in [2.45, 2.75) is 25.2 Å². The Kier molecular flexibility index (Phi) is 6.56. The Hall–Kier alpha value is -1.24. The van der Waals surface area contributed by atoms with Crippen LogP contribution < -0.4 is 21.2 Å². The lowest BCUT2D eigenvalue weighted by Crippen LogP contribution is -2.39. The van der Waals surface area contributed by atoms with E-state index in [1.165, 1.54) is 12.3 Å². The van der Waals surface area contributed by atoms with Crippen molar-refractivity contribution in [3.8, 4) is 0 Å². The average molecular weight is 473 g/mol. The summed E-state index contributed by atoms with van der Waals surface area (Å²) in [6, 6.07) is 0.564. The number of nitrogens with zero attached hydrogens (tertiary/aromatic N) is 2. The van der Waals surface area contributed by atoms with Crippen LogP contribution in [0.15, 0.2) is 17.1 Å². The van der Waals surface area contributed by atoms with Crippen LogP contribution in [0.4, 0.5) is 5.82 Å². The summed E-state index contributed by atoms with van der Waals surface area (Å²) in [5.41, 5.74) is 4.74. The molecule has 2 unspecified atom stereocenters. The average Bonchev–Trinajstić information content (AvgIpc) is 2.92. The fourth-order valence-corrected chi connectivity index (χ4v) is 6.67. The third kappa shape index (κ3) is 5.68. The zero-order valence-electron chi connectivity index (χ0n) is 14.5. The third-order valence-electron chi connectivity index (χ3n) is 3.62. The van der Waals surface area contributed by atoms with Crippen molar-refractivity contribution in [1.82, 2.24) is 9.55 Å². The van der Waals surface area contributed by atoms with Gasteiger partial charge in [-0.05, 0) is 6.07 Å². The molecule has 2 aliphatic rings. The maximum Gasteiger partial charge on any atom is 0.349 e. The number of hydrogen-bond acceptors (Lipinski definition) is 14. The topological polar surface area (TPSA) is 214 Å². The molecule has 15 nitrogen and oxygen atoms in total. The van der Waals surface area contributed by atoms with Gasteiger partial charge in [0.25, 0.3) is 15.6 Å². The van der Waals surface area contributed by atoms with Crippen molar-refractivity contribution in [3.05, 3.63) is 22.7 Å². The Morgan fingerprint density at radius 1 is 1.41 bits per heavy atom. The second-order valence-electron chi connectivity index (χ2n) is 5.71. The van der Waals surface area contributed by atoms with Crippen molar-refractivity contribution in [2.75, 3.05) is 18.9 Å². The van der Waals surface area contributed by atoms with Crippen molar-refractivity contribution < 1.29 is 50.6 Å².